The maximum Gasteiger partial charge on any atom is 0.203 e. The van der Waals surface area contributed by atoms with Crippen molar-refractivity contribution in [2.45, 2.75) is 20.0 Å². The summed E-state index contributed by atoms with van der Waals surface area (Å²) in [6.45, 7) is 5.18. The predicted octanol–water partition coefficient (Wildman–Crippen LogP) is 2.25. The molecule has 0 bridgehead atoms. The van der Waals surface area contributed by atoms with E-state index in [-0.39, 0.29) is 6.10 Å². The molecule has 0 atom stereocenters. The number of para-hydroxylation sites is 1. The van der Waals surface area contributed by atoms with Crippen LogP contribution in [0.4, 0.5) is 0 Å². The molecule has 3 heteroatoms. The lowest BCUT2D eigenvalue weighted by Gasteiger charge is -2.21. The fourth-order valence-corrected chi connectivity index (χ4v) is 1.39. The van der Waals surface area contributed by atoms with E-state index in [0.717, 1.165) is 17.2 Å². The monoisotopic (exact) mass is 194 g/mol. The first-order valence-electron chi connectivity index (χ1n) is 4.82. The molecular weight excluding hydrogens is 180 g/mol. The first-order valence-corrected chi connectivity index (χ1v) is 4.82. The van der Waals surface area contributed by atoms with Gasteiger partial charge in [-0.25, -0.2) is 0 Å². The molecule has 0 saturated carbocycles. The topological polar surface area (TPSA) is 27.7 Å². The molecule has 0 spiro atoms. The Labute approximate surface area is 83.6 Å². The van der Waals surface area contributed by atoms with Crippen LogP contribution in [0, 0.1) is 0 Å². The summed E-state index contributed by atoms with van der Waals surface area (Å²) in [5.74, 6) is 2.26. The fourth-order valence-electron chi connectivity index (χ4n) is 1.39. The molecule has 0 aromatic heterocycles. The molecule has 0 saturated heterocycles. The maximum absolute atomic E-state index is 5.61. The van der Waals surface area contributed by atoms with Gasteiger partial charge in [-0.2, -0.15) is 0 Å². The number of fused-ring (bicyclic) bond motifs is 1. The number of ether oxygens (including phenoxy) is 3. The van der Waals surface area contributed by atoms with Gasteiger partial charge in [0.2, 0.25) is 5.75 Å². The molecule has 0 fully saturated rings. The van der Waals surface area contributed by atoms with Crippen molar-refractivity contribution in [3.63, 3.8) is 0 Å². The molecule has 0 amide bonds. The van der Waals surface area contributed by atoms with Gasteiger partial charge in [-0.05, 0) is 26.0 Å². The highest BCUT2D eigenvalue weighted by Gasteiger charge is 2.16. The number of rotatable bonds is 2. The molecule has 14 heavy (non-hydrogen) atoms. The predicted molar refractivity (Wildman–Crippen MR) is 53.2 cm³/mol. The zero-order valence-corrected chi connectivity index (χ0v) is 8.45. The van der Waals surface area contributed by atoms with Crippen LogP contribution in [-0.4, -0.2) is 19.3 Å². The van der Waals surface area contributed by atoms with Crippen molar-refractivity contribution >= 4 is 0 Å². The standard InChI is InChI=1S/C11H14O3/c1-8(2)14-10-5-3-4-9-11(10)13-7-6-12-9/h3-5,8H,6-7H2,1-2H3. The second-order valence-electron chi connectivity index (χ2n) is 3.45. The van der Waals surface area contributed by atoms with Crippen LogP contribution in [0.5, 0.6) is 17.2 Å². The van der Waals surface area contributed by atoms with Gasteiger partial charge in [0.15, 0.2) is 11.5 Å². The molecule has 1 aromatic rings. The summed E-state index contributed by atoms with van der Waals surface area (Å²) >= 11 is 0. The van der Waals surface area contributed by atoms with Crippen LogP contribution in [0.25, 0.3) is 0 Å². The van der Waals surface area contributed by atoms with Crippen LogP contribution in [0.15, 0.2) is 18.2 Å². The summed E-state index contributed by atoms with van der Waals surface area (Å²) in [6.07, 6.45) is 0.145. The van der Waals surface area contributed by atoms with Gasteiger partial charge in [-0.3, -0.25) is 0 Å². The molecule has 2 rings (SSSR count). The van der Waals surface area contributed by atoms with Gasteiger partial charge >= 0.3 is 0 Å². The van der Waals surface area contributed by atoms with Crippen LogP contribution in [0.1, 0.15) is 13.8 Å². The van der Waals surface area contributed by atoms with Gasteiger partial charge < -0.3 is 14.2 Å². The summed E-state index contributed by atoms with van der Waals surface area (Å²) in [7, 11) is 0. The first-order chi connectivity index (χ1) is 6.77. The second-order valence-corrected chi connectivity index (χ2v) is 3.45. The third-order valence-electron chi connectivity index (χ3n) is 1.89. The smallest absolute Gasteiger partial charge is 0.203 e. The largest absolute Gasteiger partial charge is 0.487 e. The molecule has 1 heterocycles. The van der Waals surface area contributed by atoms with E-state index in [2.05, 4.69) is 0 Å². The van der Waals surface area contributed by atoms with Crippen molar-refractivity contribution in [1.82, 2.24) is 0 Å². The zero-order valence-electron chi connectivity index (χ0n) is 8.45. The number of hydrogen-bond acceptors (Lipinski definition) is 3. The Bertz CT molecular complexity index is 320. The van der Waals surface area contributed by atoms with Gasteiger partial charge in [-0.1, -0.05) is 6.07 Å². The van der Waals surface area contributed by atoms with Gasteiger partial charge in [0.05, 0.1) is 6.10 Å². The van der Waals surface area contributed by atoms with Crippen LogP contribution >= 0.6 is 0 Å². The molecule has 3 nitrogen and oxygen atoms in total. The molecule has 1 aromatic carbocycles. The zero-order chi connectivity index (χ0) is 9.97. The van der Waals surface area contributed by atoms with Gasteiger partial charge in [-0.15, -0.1) is 0 Å². The van der Waals surface area contributed by atoms with Crippen molar-refractivity contribution in [3.8, 4) is 17.2 Å². The van der Waals surface area contributed by atoms with E-state index in [1.54, 1.807) is 0 Å². The Morgan fingerprint density at radius 2 is 2.00 bits per heavy atom. The lowest BCUT2D eigenvalue weighted by Crippen LogP contribution is -2.17. The lowest BCUT2D eigenvalue weighted by atomic mass is 10.2. The summed E-state index contributed by atoms with van der Waals surface area (Å²) in [4.78, 5) is 0. The number of benzene rings is 1. The van der Waals surface area contributed by atoms with Crippen molar-refractivity contribution in [2.75, 3.05) is 13.2 Å². The highest BCUT2D eigenvalue weighted by molar-refractivity contribution is 5.51. The summed E-state index contributed by atoms with van der Waals surface area (Å²) in [5, 5.41) is 0. The minimum absolute atomic E-state index is 0.145. The van der Waals surface area contributed by atoms with Crippen molar-refractivity contribution in [1.29, 1.82) is 0 Å². The van der Waals surface area contributed by atoms with Crippen LogP contribution in [-0.2, 0) is 0 Å². The summed E-state index contributed by atoms with van der Waals surface area (Å²) in [6, 6.07) is 5.69. The molecule has 1 aliphatic heterocycles. The van der Waals surface area contributed by atoms with E-state index in [1.807, 2.05) is 32.0 Å². The highest BCUT2D eigenvalue weighted by atomic mass is 16.6. The quantitative estimate of drug-likeness (QED) is 0.722. The molecule has 0 unspecified atom stereocenters. The summed E-state index contributed by atoms with van der Waals surface area (Å²) in [5.41, 5.74) is 0. The Balaban J connectivity index is 2.30. The molecule has 1 aliphatic rings. The van der Waals surface area contributed by atoms with E-state index >= 15 is 0 Å². The average Bonchev–Trinajstić information content (AvgIpc) is 2.18. The van der Waals surface area contributed by atoms with E-state index in [0.29, 0.717) is 13.2 Å². The third kappa shape index (κ3) is 1.76. The fraction of sp³-hybridized carbons (Fsp3) is 0.455. The van der Waals surface area contributed by atoms with Crippen LogP contribution in [0.2, 0.25) is 0 Å². The third-order valence-corrected chi connectivity index (χ3v) is 1.89. The normalized spacial score (nSPS) is 14.2. The minimum atomic E-state index is 0.145. The van der Waals surface area contributed by atoms with E-state index in [1.165, 1.54) is 0 Å². The molecular formula is C11H14O3. The Hall–Kier alpha value is -1.38. The van der Waals surface area contributed by atoms with Crippen LogP contribution < -0.4 is 14.2 Å². The SMILES string of the molecule is CC(C)Oc1cccc2c1OCCO2. The molecule has 0 radical (unpaired) electrons. The van der Waals surface area contributed by atoms with Crippen molar-refractivity contribution in [3.05, 3.63) is 18.2 Å². The Kier molecular flexibility index (Phi) is 2.48. The highest BCUT2D eigenvalue weighted by Crippen LogP contribution is 2.39. The van der Waals surface area contributed by atoms with E-state index in [4.69, 9.17) is 14.2 Å². The van der Waals surface area contributed by atoms with E-state index < -0.39 is 0 Å². The average molecular weight is 194 g/mol. The van der Waals surface area contributed by atoms with Gasteiger partial charge in [0, 0.05) is 0 Å². The van der Waals surface area contributed by atoms with Crippen molar-refractivity contribution < 1.29 is 14.2 Å². The Morgan fingerprint density at radius 1 is 1.21 bits per heavy atom. The van der Waals surface area contributed by atoms with Crippen LogP contribution in [0.3, 0.4) is 0 Å². The second kappa shape index (κ2) is 3.78. The minimum Gasteiger partial charge on any atom is -0.487 e. The lowest BCUT2D eigenvalue weighted by molar-refractivity contribution is 0.155. The maximum atomic E-state index is 5.61. The molecule has 76 valence electrons. The summed E-state index contributed by atoms with van der Waals surface area (Å²) < 4.78 is 16.6. The Morgan fingerprint density at radius 3 is 2.79 bits per heavy atom. The molecule has 0 aliphatic carbocycles. The van der Waals surface area contributed by atoms with E-state index in [9.17, 15) is 0 Å². The number of hydrogen-bond donors (Lipinski definition) is 0. The van der Waals surface area contributed by atoms with Crippen molar-refractivity contribution in [2.24, 2.45) is 0 Å². The van der Waals surface area contributed by atoms with Gasteiger partial charge in [0.25, 0.3) is 0 Å². The first kappa shape index (κ1) is 9.19. The van der Waals surface area contributed by atoms with Gasteiger partial charge in [0.1, 0.15) is 13.2 Å². The molecule has 0 N–H and O–H groups in total.